The predicted octanol–water partition coefficient (Wildman–Crippen LogP) is 1.27. The molecule has 0 saturated heterocycles. The number of anilines is 1. The molecule has 0 radical (unpaired) electrons. The summed E-state index contributed by atoms with van der Waals surface area (Å²) in [5.74, 6) is -0.0576. The average molecular weight is 493 g/mol. The van der Waals surface area contributed by atoms with E-state index in [1.54, 1.807) is 16.8 Å². The zero-order valence-electron chi connectivity index (χ0n) is 17.1. The number of halogens is 1. The summed E-state index contributed by atoms with van der Waals surface area (Å²) in [6, 6.07) is 8.54. The molecule has 6 N–H and O–H groups in total. The highest BCUT2D eigenvalue weighted by atomic mass is 35.5. The molecule has 0 aliphatic heterocycles. The average Bonchev–Trinajstić information content (AvgIpc) is 3.44. The van der Waals surface area contributed by atoms with Crippen LogP contribution >= 0.6 is 11.6 Å². The lowest BCUT2D eigenvalue weighted by molar-refractivity contribution is 0.00777. The molecule has 0 amide bonds. The van der Waals surface area contributed by atoms with Crippen LogP contribution in [0.3, 0.4) is 0 Å². The van der Waals surface area contributed by atoms with Gasteiger partial charge < -0.3 is 20.5 Å². The van der Waals surface area contributed by atoms with Crippen molar-refractivity contribution >= 4 is 44.3 Å². The number of benzene rings is 1. The monoisotopic (exact) mass is 492 g/mol. The molecular formula is C20H21ClN6O5S. The van der Waals surface area contributed by atoms with E-state index in [0.29, 0.717) is 22.2 Å². The quantitative estimate of drug-likeness (QED) is 0.268. The molecule has 1 fully saturated rings. The topological polar surface area (TPSA) is 168 Å². The summed E-state index contributed by atoms with van der Waals surface area (Å²) in [5.41, 5.74) is 3.04. The first kappa shape index (κ1) is 22.1. The van der Waals surface area contributed by atoms with Gasteiger partial charge in [-0.2, -0.15) is 18.0 Å². The van der Waals surface area contributed by atoms with Gasteiger partial charge in [0.05, 0.1) is 24.4 Å². The lowest BCUT2D eigenvalue weighted by atomic mass is 10.1. The van der Waals surface area contributed by atoms with Crippen molar-refractivity contribution in [3.63, 3.8) is 0 Å². The first-order chi connectivity index (χ1) is 15.7. The molecule has 174 valence electrons. The Morgan fingerprint density at radius 1 is 1.27 bits per heavy atom. The number of nitrogens with zero attached hydrogens (tertiary/aromatic N) is 3. The van der Waals surface area contributed by atoms with Crippen molar-refractivity contribution in [1.82, 2.24) is 19.6 Å². The SMILES string of the molecule is NS(=O)(=O)OCC1C[C@@H](Nc2ccnc3cc(-c4c[nH]c5cc(Cl)ccc45)nn23)[C@H](O)[C@@H]1O. The van der Waals surface area contributed by atoms with Crippen molar-refractivity contribution in [2.75, 3.05) is 11.9 Å². The maximum absolute atomic E-state index is 11.1. The van der Waals surface area contributed by atoms with Crippen LogP contribution in [0.25, 0.3) is 27.8 Å². The van der Waals surface area contributed by atoms with Crippen molar-refractivity contribution in [3.05, 3.63) is 47.7 Å². The third-order valence-electron chi connectivity index (χ3n) is 5.86. The van der Waals surface area contributed by atoms with Gasteiger partial charge in [-0.1, -0.05) is 17.7 Å². The van der Waals surface area contributed by atoms with Gasteiger partial charge in [0, 0.05) is 45.9 Å². The largest absolute Gasteiger partial charge is 0.390 e. The van der Waals surface area contributed by atoms with E-state index in [1.165, 1.54) is 0 Å². The molecular weight excluding hydrogens is 472 g/mol. The number of aliphatic hydroxyl groups excluding tert-OH is 2. The summed E-state index contributed by atoms with van der Waals surface area (Å²) in [7, 11) is -4.14. The zero-order valence-corrected chi connectivity index (χ0v) is 18.7. The van der Waals surface area contributed by atoms with E-state index < -0.39 is 34.5 Å². The molecule has 5 rings (SSSR count). The second-order valence-corrected chi connectivity index (χ2v) is 9.68. The molecule has 4 aromatic rings. The molecule has 0 spiro atoms. The second-order valence-electron chi connectivity index (χ2n) is 8.03. The fraction of sp³-hybridized carbons (Fsp3) is 0.300. The van der Waals surface area contributed by atoms with Gasteiger partial charge in [0.15, 0.2) is 5.65 Å². The van der Waals surface area contributed by atoms with Gasteiger partial charge in [0.1, 0.15) is 11.9 Å². The molecule has 1 aliphatic carbocycles. The lowest BCUT2D eigenvalue weighted by Crippen LogP contribution is -2.36. The lowest BCUT2D eigenvalue weighted by Gasteiger charge is -2.19. The second kappa shape index (κ2) is 8.24. The Kier molecular flexibility index (Phi) is 5.51. The predicted molar refractivity (Wildman–Crippen MR) is 122 cm³/mol. The number of fused-ring (bicyclic) bond motifs is 2. The summed E-state index contributed by atoms with van der Waals surface area (Å²) < 4.78 is 28.3. The van der Waals surface area contributed by atoms with Gasteiger partial charge in [-0.25, -0.2) is 10.1 Å². The molecule has 13 heteroatoms. The van der Waals surface area contributed by atoms with Gasteiger partial charge in [0.2, 0.25) is 0 Å². The van der Waals surface area contributed by atoms with E-state index in [2.05, 4.69) is 24.6 Å². The molecule has 1 aliphatic rings. The van der Waals surface area contributed by atoms with Crippen LogP contribution in [0.4, 0.5) is 5.82 Å². The maximum atomic E-state index is 11.1. The van der Waals surface area contributed by atoms with Crippen molar-refractivity contribution in [3.8, 4) is 11.3 Å². The van der Waals surface area contributed by atoms with E-state index in [9.17, 15) is 18.6 Å². The Labute approximate surface area is 193 Å². The van der Waals surface area contributed by atoms with E-state index in [4.69, 9.17) is 16.7 Å². The van der Waals surface area contributed by atoms with Crippen LogP contribution < -0.4 is 10.5 Å². The Morgan fingerprint density at radius 3 is 2.88 bits per heavy atom. The van der Waals surface area contributed by atoms with Crippen LogP contribution in [-0.2, 0) is 14.5 Å². The normalized spacial score (nSPS) is 23.5. The van der Waals surface area contributed by atoms with Crippen molar-refractivity contribution in [2.45, 2.75) is 24.7 Å². The number of nitrogens with one attached hydrogen (secondary N) is 2. The minimum absolute atomic E-state index is 0.263. The maximum Gasteiger partial charge on any atom is 0.333 e. The van der Waals surface area contributed by atoms with E-state index in [0.717, 1.165) is 16.5 Å². The number of nitrogens with two attached hydrogens (primary N) is 1. The molecule has 1 unspecified atom stereocenters. The number of rotatable bonds is 6. The third kappa shape index (κ3) is 4.28. The first-order valence-corrected chi connectivity index (χ1v) is 12.0. The zero-order chi connectivity index (χ0) is 23.3. The molecule has 33 heavy (non-hydrogen) atoms. The highest BCUT2D eigenvalue weighted by Gasteiger charge is 2.42. The van der Waals surface area contributed by atoms with Crippen molar-refractivity contribution in [2.24, 2.45) is 11.1 Å². The molecule has 1 aromatic carbocycles. The van der Waals surface area contributed by atoms with Crippen LogP contribution in [0, 0.1) is 5.92 Å². The van der Waals surface area contributed by atoms with E-state index in [1.807, 2.05) is 30.5 Å². The minimum atomic E-state index is -4.14. The van der Waals surface area contributed by atoms with Crippen LogP contribution in [0.15, 0.2) is 42.7 Å². The van der Waals surface area contributed by atoms with Crippen LogP contribution in [0.5, 0.6) is 0 Å². The summed E-state index contributed by atoms with van der Waals surface area (Å²) >= 11 is 6.07. The summed E-state index contributed by atoms with van der Waals surface area (Å²) in [5, 5.41) is 35.1. The number of aliphatic hydroxyl groups is 2. The summed E-state index contributed by atoms with van der Waals surface area (Å²) in [6.45, 7) is -0.322. The van der Waals surface area contributed by atoms with Crippen LogP contribution in [0.1, 0.15) is 6.42 Å². The Morgan fingerprint density at radius 2 is 2.09 bits per heavy atom. The van der Waals surface area contributed by atoms with E-state index >= 15 is 0 Å². The molecule has 3 heterocycles. The molecule has 0 bridgehead atoms. The van der Waals surface area contributed by atoms with Crippen molar-refractivity contribution in [1.29, 1.82) is 0 Å². The first-order valence-electron chi connectivity index (χ1n) is 10.1. The number of hydrogen-bond donors (Lipinski definition) is 5. The Balaban J connectivity index is 1.42. The fourth-order valence-corrected chi connectivity index (χ4v) is 4.79. The Hall–Kier alpha value is -2.74. The van der Waals surface area contributed by atoms with Crippen molar-refractivity contribution < 1.29 is 22.8 Å². The van der Waals surface area contributed by atoms with Gasteiger partial charge in [-0.3, -0.25) is 4.18 Å². The van der Waals surface area contributed by atoms with Gasteiger partial charge in [0.25, 0.3) is 0 Å². The van der Waals surface area contributed by atoms with Gasteiger partial charge in [-0.05, 0) is 24.6 Å². The van der Waals surface area contributed by atoms with Gasteiger partial charge >= 0.3 is 10.3 Å². The Bertz CT molecular complexity index is 1440. The van der Waals surface area contributed by atoms with Gasteiger partial charge in [-0.15, -0.1) is 0 Å². The highest BCUT2D eigenvalue weighted by Crippen LogP contribution is 2.32. The fourth-order valence-electron chi connectivity index (χ4n) is 4.25. The smallest absolute Gasteiger partial charge is 0.333 e. The highest BCUT2D eigenvalue weighted by molar-refractivity contribution is 7.84. The minimum Gasteiger partial charge on any atom is -0.390 e. The van der Waals surface area contributed by atoms with Crippen LogP contribution in [0.2, 0.25) is 5.02 Å². The third-order valence-corrected chi connectivity index (χ3v) is 6.56. The molecule has 1 saturated carbocycles. The number of aromatic nitrogens is 4. The molecule has 3 aromatic heterocycles. The molecule has 4 atom stereocenters. The number of hydrogen-bond acceptors (Lipinski definition) is 8. The number of aromatic amines is 1. The van der Waals surface area contributed by atoms with Crippen LogP contribution in [-0.4, -0.2) is 63.1 Å². The van der Waals surface area contributed by atoms with E-state index in [-0.39, 0.29) is 13.0 Å². The summed E-state index contributed by atoms with van der Waals surface area (Å²) in [4.78, 5) is 7.55. The number of H-pyrrole nitrogens is 1. The molecule has 11 nitrogen and oxygen atoms in total. The standard InChI is InChI=1S/C20H21ClN6O5S/c21-11-1-2-12-13(8-24-14(12)6-11)15-7-18-23-4-3-17(27(18)26-15)25-16-5-10(19(28)20(16)29)9-32-33(22,30)31/h1-4,6-8,10,16,19-20,24-25,28-29H,5,9H2,(H2,22,30,31)/t10?,16-,19-,20+/m1/s1. The summed E-state index contributed by atoms with van der Waals surface area (Å²) in [6.07, 6.45) is 1.41.